The predicted molar refractivity (Wildman–Crippen MR) is 64.5 cm³/mol. The first-order valence-corrected chi connectivity index (χ1v) is 6.06. The molecule has 0 saturated carbocycles. The van der Waals surface area contributed by atoms with Crippen molar-refractivity contribution >= 4 is 5.97 Å². The Bertz CT molecular complexity index is 609. The molecule has 2 atom stereocenters. The fraction of sp³-hybridized carbons (Fsp3) is 0.462. The molecule has 2 unspecified atom stereocenters. The van der Waals surface area contributed by atoms with E-state index in [9.17, 15) is 28.2 Å². The van der Waals surface area contributed by atoms with Crippen molar-refractivity contribution < 1.29 is 38.0 Å². The summed E-state index contributed by atoms with van der Waals surface area (Å²) in [6.07, 6.45) is -5.85. The summed E-state index contributed by atoms with van der Waals surface area (Å²) in [5.74, 6) is -5.41. The molecule has 2 rings (SSSR count). The number of benzene rings is 1. The molecule has 0 amide bonds. The van der Waals surface area contributed by atoms with Gasteiger partial charge in [-0.3, -0.25) is 0 Å². The van der Waals surface area contributed by atoms with Crippen LogP contribution < -0.4 is 0 Å². The number of aromatic hydroxyl groups is 2. The lowest BCUT2D eigenvalue weighted by atomic mass is 9.82. The molecule has 0 bridgehead atoms. The summed E-state index contributed by atoms with van der Waals surface area (Å²) in [7, 11) is 0. The number of aromatic carboxylic acids is 1. The van der Waals surface area contributed by atoms with Crippen molar-refractivity contribution in [3.05, 3.63) is 22.3 Å². The summed E-state index contributed by atoms with van der Waals surface area (Å²) >= 11 is 0. The van der Waals surface area contributed by atoms with Crippen molar-refractivity contribution in [3.63, 3.8) is 0 Å². The van der Waals surface area contributed by atoms with Gasteiger partial charge in [0.25, 0.3) is 0 Å². The first-order valence-electron chi connectivity index (χ1n) is 6.06. The van der Waals surface area contributed by atoms with E-state index < -0.39 is 41.2 Å². The maximum atomic E-state index is 13.2. The normalized spacial score (nSPS) is 22.0. The molecule has 0 spiro atoms. The number of ether oxygens (including phenoxy) is 1. The molecule has 1 aromatic rings. The van der Waals surface area contributed by atoms with Crippen molar-refractivity contribution in [1.29, 1.82) is 0 Å². The summed E-state index contributed by atoms with van der Waals surface area (Å²) in [5, 5.41) is 28.7. The van der Waals surface area contributed by atoms with Gasteiger partial charge in [-0.15, -0.1) is 0 Å². The summed E-state index contributed by atoms with van der Waals surface area (Å²) in [6, 6.07) is 0. The maximum Gasteiger partial charge on any atom is 0.398 e. The average Bonchev–Trinajstić information content (AvgIpc) is 2.33. The largest absolute Gasteiger partial charge is 0.507 e. The van der Waals surface area contributed by atoms with E-state index in [4.69, 9.17) is 9.84 Å². The number of carboxylic acid groups (broad SMARTS) is 1. The highest BCUT2D eigenvalue weighted by Gasteiger charge is 2.49. The summed E-state index contributed by atoms with van der Waals surface area (Å²) < 4.78 is 44.6. The van der Waals surface area contributed by atoms with Crippen LogP contribution in [0.5, 0.6) is 11.5 Å². The van der Waals surface area contributed by atoms with E-state index in [-0.39, 0.29) is 23.3 Å². The first kappa shape index (κ1) is 15.4. The third-order valence-corrected chi connectivity index (χ3v) is 3.68. The lowest BCUT2D eigenvalue weighted by Crippen LogP contribution is -2.36. The number of carbonyl (C=O) groups is 1. The lowest BCUT2D eigenvalue weighted by Gasteiger charge is -2.35. The van der Waals surface area contributed by atoms with E-state index in [0.717, 1.165) is 0 Å². The van der Waals surface area contributed by atoms with Crippen molar-refractivity contribution in [1.82, 2.24) is 0 Å². The molecule has 0 radical (unpaired) electrons. The van der Waals surface area contributed by atoms with Gasteiger partial charge in [0.2, 0.25) is 0 Å². The molecule has 1 aliphatic heterocycles. The highest BCUT2D eigenvalue weighted by atomic mass is 19.4. The number of phenols is 2. The zero-order chi connectivity index (χ0) is 16.1. The first-order chi connectivity index (χ1) is 9.57. The molecule has 8 heteroatoms. The monoisotopic (exact) mass is 306 g/mol. The van der Waals surface area contributed by atoms with E-state index in [0.29, 0.717) is 0 Å². The van der Waals surface area contributed by atoms with E-state index in [1.807, 2.05) is 0 Å². The zero-order valence-electron chi connectivity index (χ0n) is 11.2. The summed E-state index contributed by atoms with van der Waals surface area (Å²) in [5.41, 5.74) is -1.59. The minimum atomic E-state index is -4.65. The van der Waals surface area contributed by atoms with Crippen LogP contribution >= 0.6 is 0 Å². The standard InChI is InChI=1S/C13H13F3O5/c1-4-7-6(11(18)8(10(4)17)12(19)20)3-21-5(2)9(7)13(14,15)16/h5,9,17-18H,3H2,1-2H3,(H,19,20). The Morgan fingerprint density at radius 1 is 1.29 bits per heavy atom. The Labute approximate surface area is 117 Å². The molecule has 5 nitrogen and oxygen atoms in total. The molecule has 0 aromatic heterocycles. The van der Waals surface area contributed by atoms with Gasteiger partial charge in [0.05, 0.1) is 12.7 Å². The Balaban J connectivity index is 2.81. The minimum absolute atomic E-state index is 0.210. The number of carboxylic acids is 1. The van der Waals surface area contributed by atoms with Crippen LogP contribution in [0.25, 0.3) is 0 Å². The van der Waals surface area contributed by atoms with Crippen molar-refractivity contribution in [2.75, 3.05) is 0 Å². The molecule has 0 fully saturated rings. The van der Waals surface area contributed by atoms with Gasteiger partial charge in [0.15, 0.2) is 0 Å². The highest BCUT2D eigenvalue weighted by molar-refractivity contribution is 5.95. The fourth-order valence-electron chi connectivity index (χ4n) is 2.68. The molecule has 0 aliphatic carbocycles. The summed E-state index contributed by atoms with van der Waals surface area (Å²) in [4.78, 5) is 11.0. The SMILES string of the molecule is Cc1c(O)c(C(=O)O)c(O)c2c1C(C(F)(F)F)C(C)OC2. The average molecular weight is 306 g/mol. The van der Waals surface area contributed by atoms with Gasteiger partial charge in [0.1, 0.15) is 23.0 Å². The van der Waals surface area contributed by atoms with E-state index in [1.165, 1.54) is 13.8 Å². The van der Waals surface area contributed by atoms with Gasteiger partial charge in [-0.2, -0.15) is 13.2 Å². The van der Waals surface area contributed by atoms with Gasteiger partial charge in [-0.05, 0) is 25.0 Å². The lowest BCUT2D eigenvalue weighted by molar-refractivity contribution is -0.184. The van der Waals surface area contributed by atoms with Gasteiger partial charge in [0, 0.05) is 5.56 Å². The van der Waals surface area contributed by atoms with Crippen LogP contribution in [0.3, 0.4) is 0 Å². The number of hydrogen-bond acceptors (Lipinski definition) is 4. The van der Waals surface area contributed by atoms with Crippen LogP contribution in [0.4, 0.5) is 13.2 Å². The third kappa shape index (κ3) is 2.29. The number of hydrogen-bond donors (Lipinski definition) is 3. The predicted octanol–water partition coefficient (Wildman–Crippen LogP) is 2.67. The molecule has 1 aromatic carbocycles. The number of fused-ring (bicyclic) bond motifs is 1. The Morgan fingerprint density at radius 3 is 2.33 bits per heavy atom. The quantitative estimate of drug-likeness (QED) is 0.742. The Morgan fingerprint density at radius 2 is 1.86 bits per heavy atom. The second-order valence-electron chi connectivity index (χ2n) is 4.93. The smallest absolute Gasteiger partial charge is 0.398 e. The van der Waals surface area contributed by atoms with E-state index in [1.54, 1.807) is 0 Å². The number of alkyl halides is 3. The number of rotatable bonds is 1. The molecule has 21 heavy (non-hydrogen) atoms. The molecule has 1 heterocycles. The van der Waals surface area contributed by atoms with Crippen LogP contribution in [-0.2, 0) is 11.3 Å². The van der Waals surface area contributed by atoms with Crippen LogP contribution in [0.15, 0.2) is 0 Å². The minimum Gasteiger partial charge on any atom is -0.507 e. The molecule has 0 saturated heterocycles. The molecular formula is C13H13F3O5. The molecular weight excluding hydrogens is 293 g/mol. The molecule has 1 aliphatic rings. The van der Waals surface area contributed by atoms with Gasteiger partial charge in [-0.25, -0.2) is 4.79 Å². The van der Waals surface area contributed by atoms with Gasteiger partial charge >= 0.3 is 12.1 Å². The van der Waals surface area contributed by atoms with Crippen LogP contribution in [0.1, 0.15) is 39.9 Å². The van der Waals surface area contributed by atoms with Gasteiger partial charge in [-0.1, -0.05) is 0 Å². The van der Waals surface area contributed by atoms with Gasteiger partial charge < -0.3 is 20.1 Å². The highest BCUT2D eigenvalue weighted by Crippen LogP contribution is 2.50. The molecule has 116 valence electrons. The summed E-state index contributed by atoms with van der Waals surface area (Å²) in [6.45, 7) is 2.08. The topological polar surface area (TPSA) is 87.0 Å². The second kappa shape index (κ2) is 4.80. The zero-order valence-corrected chi connectivity index (χ0v) is 11.2. The van der Waals surface area contributed by atoms with Crippen molar-refractivity contribution in [2.45, 2.75) is 38.7 Å². The fourth-order valence-corrected chi connectivity index (χ4v) is 2.68. The third-order valence-electron chi connectivity index (χ3n) is 3.68. The molecule has 3 N–H and O–H groups in total. The number of halogens is 3. The Kier molecular flexibility index (Phi) is 3.53. The maximum absolute atomic E-state index is 13.2. The van der Waals surface area contributed by atoms with Crippen LogP contribution in [0, 0.1) is 6.92 Å². The van der Waals surface area contributed by atoms with Crippen LogP contribution in [-0.4, -0.2) is 33.6 Å². The Hall–Kier alpha value is -1.96. The van der Waals surface area contributed by atoms with Crippen molar-refractivity contribution in [3.8, 4) is 11.5 Å². The van der Waals surface area contributed by atoms with Crippen molar-refractivity contribution in [2.24, 2.45) is 0 Å². The second-order valence-corrected chi connectivity index (χ2v) is 4.93. The van der Waals surface area contributed by atoms with E-state index >= 15 is 0 Å². The van der Waals surface area contributed by atoms with E-state index in [2.05, 4.69) is 0 Å². The van der Waals surface area contributed by atoms with Crippen LogP contribution in [0.2, 0.25) is 0 Å².